The van der Waals surface area contributed by atoms with E-state index in [1.165, 1.54) is 0 Å². The summed E-state index contributed by atoms with van der Waals surface area (Å²) in [6.45, 7) is 4.57. The summed E-state index contributed by atoms with van der Waals surface area (Å²) in [5, 5.41) is 2.06. The normalized spacial score (nSPS) is 9.82. The molecule has 1 amide bonds. The maximum absolute atomic E-state index is 11.5. The third-order valence-corrected chi connectivity index (χ3v) is 0.916. The van der Waals surface area contributed by atoms with Crippen molar-refractivity contribution in [1.82, 2.24) is 5.32 Å². The number of hydrogen-bond acceptors (Lipinski definition) is 1. The fourth-order valence-corrected chi connectivity index (χ4v) is 0.528. The van der Waals surface area contributed by atoms with Gasteiger partial charge < -0.3 is 5.32 Å². The molecule has 0 saturated heterocycles. The first-order valence-electron chi connectivity index (χ1n) is 3.21. The van der Waals surface area contributed by atoms with E-state index in [1.54, 1.807) is 6.92 Å². The Morgan fingerprint density at radius 2 is 2.18 bits per heavy atom. The van der Waals surface area contributed by atoms with E-state index in [2.05, 4.69) is 11.9 Å². The zero-order chi connectivity index (χ0) is 8.85. The van der Waals surface area contributed by atoms with Crippen LogP contribution in [0.3, 0.4) is 0 Å². The Labute approximate surface area is 64.3 Å². The topological polar surface area (TPSA) is 29.1 Å². The lowest BCUT2D eigenvalue weighted by molar-refractivity contribution is -0.121. The molecule has 0 aliphatic rings. The van der Waals surface area contributed by atoms with Gasteiger partial charge in [-0.3, -0.25) is 4.79 Å². The molecular weight excluding hydrogens is 152 g/mol. The molecule has 0 heterocycles. The number of halogens is 2. The fourth-order valence-electron chi connectivity index (χ4n) is 0.528. The van der Waals surface area contributed by atoms with Gasteiger partial charge in [-0.05, 0) is 6.92 Å². The molecule has 0 aliphatic carbocycles. The Morgan fingerprint density at radius 1 is 1.64 bits per heavy atom. The molecule has 0 rings (SSSR count). The van der Waals surface area contributed by atoms with E-state index in [9.17, 15) is 13.6 Å². The van der Waals surface area contributed by atoms with Gasteiger partial charge in [-0.15, -0.1) is 0 Å². The summed E-state index contributed by atoms with van der Waals surface area (Å²) in [6.07, 6.45) is -2.36. The number of carbonyl (C=O) groups excluding carboxylic acids is 1. The van der Waals surface area contributed by atoms with E-state index in [0.29, 0.717) is 5.57 Å². The summed E-state index contributed by atoms with van der Waals surface area (Å²) in [5.41, 5.74) is 0.664. The summed E-state index contributed by atoms with van der Waals surface area (Å²) < 4.78 is 23.0. The van der Waals surface area contributed by atoms with Crippen LogP contribution in [0.1, 0.15) is 13.3 Å². The van der Waals surface area contributed by atoms with E-state index >= 15 is 0 Å². The third-order valence-electron chi connectivity index (χ3n) is 0.916. The summed E-state index contributed by atoms with van der Waals surface area (Å²) in [5.74, 6) is -0.405. The molecule has 0 radical (unpaired) electrons. The SMILES string of the molecule is C=C(C)CC(=O)NCC(F)F. The van der Waals surface area contributed by atoms with Crippen molar-refractivity contribution >= 4 is 5.91 Å². The molecule has 0 spiro atoms. The molecule has 11 heavy (non-hydrogen) atoms. The van der Waals surface area contributed by atoms with E-state index in [4.69, 9.17) is 0 Å². The molecule has 0 saturated carbocycles. The first kappa shape index (κ1) is 10.1. The molecule has 0 atom stereocenters. The second-order valence-electron chi connectivity index (χ2n) is 2.33. The first-order chi connectivity index (χ1) is 5.02. The van der Waals surface area contributed by atoms with Crippen LogP contribution in [0.5, 0.6) is 0 Å². The van der Waals surface area contributed by atoms with E-state index in [-0.39, 0.29) is 6.42 Å². The van der Waals surface area contributed by atoms with E-state index in [1.807, 2.05) is 0 Å². The number of rotatable bonds is 4. The van der Waals surface area contributed by atoms with Gasteiger partial charge in [0.25, 0.3) is 6.43 Å². The molecule has 0 aromatic carbocycles. The highest BCUT2D eigenvalue weighted by Gasteiger charge is 2.05. The molecule has 0 fully saturated rings. The number of alkyl halides is 2. The van der Waals surface area contributed by atoms with Gasteiger partial charge in [0, 0.05) is 6.42 Å². The average molecular weight is 163 g/mol. The molecule has 0 aromatic rings. The van der Waals surface area contributed by atoms with Gasteiger partial charge in [0.2, 0.25) is 5.91 Å². The molecular formula is C7H11F2NO. The van der Waals surface area contributed by atoms with Gasteiger partial charge >= 0.3 is 0 Å². The highest BCUT2D eigenvalue weighted by molar-refractivity contribution is 5.78. The minimum Gasteiger partial charge on any atom is -0.350 e. The average Bonchev–Trinajstić information content (AvgIpc) is 1.82. The van der Waals surface area contributed by atoms with Gasteiger partial charge in [0.1, 0.15) is 0 Å². The maximum atomic E-state index is 11.5. The smallest absolute Gasteiger partial charge is 0.255 e. The number of amides is 1. The predicted molar refractivity (Wildman–Crippen MR) is 38.4 cm³/mol. The van der Waals surface area contributed by atoms with Gasteiger partial charge in [-0.1, -0.05) is 12.2 Å². The van der Waals surface area contributed by atoms with Crippen molar-refractivity contribution < 1.29 is 13.6 Å². The Balaban J connectivity index is 3.46. The van der Waals surface area contributed by atoms with Crippen LogP contribution in [0.25, 0.3) is 0 Å². The van der Waals surface area contributed by atoms with Crippen molar-refractivity contribution in [3.63, 3.8) is 0 Å². The molecule has 4 heteroatoms. The van der Waals surface area contributed by atoms with Crippen molar-refractivity contribution in [3.05, 3.63) is 12.2 Å². The van der Waals surface area contributed by atoms with Gasteiger partial charge in [-0.25, -0.2) is 8.78 Å². The largest absolute Gasteiger partial charge is 0.350 e. The standard InChI is InChI=1S/C7H11F2NO/c1-5(2)3-7(11)10-4-6(8)9/h6H,1,3-4H2,2H3,(H,10,11). The molecule has 0 aromatic heterocycles. The Hall–Kier alpha value is -0.930. The van der Waals surface area contributed by atoms with Crippen molar-refractivity contribution in [1.29, 1.82) is 0 Å². The Kier molecular flexibility index (Phi) is 4.41. The Morgan fingerprint density at radius 3 is 2.55 bits per heavy atom. The van der Waals surface area contributed by atoms with Gasteiger partial charge in [-0.2, -0.15) is 0 Å². The molecule has 0 bridgehead atoms. The minimum atomic E-state index is -2.48. The Bertz CT molecular complexity index is 157. The number of nitrogens with one attached hydrogen (secondary N) is 1. The second-order valence-corrected chi connectivity index (χ2v) is 2.33. The molecule has 0 unspecified atom stereocenters. The maximum Gasteiger partial charge on any atom is 0.255 e. The summed E-state index contributed by atoms with van der Waals surface area (Å²) >= 11 is 0. The highest BCUT2D eigenvalue weighted by Crippen LogP contribution is 1.95. The summed E-state index contributed by atoms with van der Waals surface area (Å²) in [4.78, 5) is 10.7. The van der Waals surface area contributed by atoms with Crippen molar-refractivity contribution in [3.8, 4) is 0 Å². The quantitative estimate of drug-likeness (QED) is 0.622. The molecule has 0 aliphatic heterocycles. The van der Waals surface area contributed by atoms with Gasteiger partial charge in [0.05, 0.1) is 6.54 Å². The number of carbonyl (C=O) groups is 1. The molecule has 1 N–H and O–H groups in total. The van der Waals surface area contributed by atoms with Crippen LogP contribution in [-0.4, -0.2) is 18.9 Å². The summed E-state index contributed by atoms with van der Waals surface area (Å²) in [7, 11) is 0. The van der Waals surface area contributed by atoms with Crippen molar-refractivity contribution in [2.75, 3.05) is 6.54 Å². The van der Waals surface area contributed by atoms with Crippen LogP contribution in [0.2, 0.25) is 0 Å². The van der Waals surface area contributed by atoms with Gasteiger partial charge in [0.15, 0.2) is 0 Å². The monoisotopic (exact) mass is 163 g/mol. The lowest BCUT2D eigenvalue weighted by atomic mass is 10.2. The zero-order valence-electron chi connectivity index (χ0n) is 6.36. The lowest BCUT2D eigenvalue weighted by Crippen LogP contribution is -2.28. The van der Waals surface area contributed by atoms with Crippen LogP contribution in [0.4, 0.5) is 8.78 Å². The predicted octanol–water partition coefficient (Wildman–Crippen LogP) is 1.33. The minimum absolute atomic E-state index is 0.118. The second kappa shape index (κ2) is 4.82. The fraction of sp³-hybridized carbons (Fsp3) is 0.571. The summed E-state index contributed by atoms with van der Waals surface area (Å²) in [6, 6.07) is 0. The number of hydrogen-bond donors (Lipinski definition) is 1. The van der Waals surface area contributed by atoms with E-state index in [0.717, 1.165) is 0 Å². The van der Waals surface area contributed by atoms with Crippen molar-refractivity contribution in [2.24, 2.45) is 0 Å². The van der Waals surface area contributed by atoms with Crippen LogP contribution >= 0.6 is 0 Å². The first-order valence-corrected chi connectivity index (χ1v) is 3.21. The zero-order valence-corrected chi connectivity index (χ0v) is 6.36. The van der Waals surface area contributed by atoms with Crippen LogP contribution < -0.4 is 5.32 Å². The van der Waals surface area contributed by atoms with Crippen LogP contribution in [0, 0.1) is 0 Å². The van der Waals surface area contributed by atoms with E-state index < -0.39 is 18.9 Å². The lowest BCUT2D eigenvalue weighted by Gasteiger charge is -2.02. The van der Waals surface area contributed by atoms with Crippen LogP contribution in [0.15, 0.2) is 12.2 Å². The highest BCUT2D eigenvalue weighted by atomic mass is 19.3. The third kappa shape index (κ3) is 6.96. The molecule has 64 valence electrons. The van der Waals surface area contributed by atoms with Crippen molar-refractivity contribution in [2.45, 2.75) is 19.8 Å². The molecule has 2 nitrogen and oxygen atoms in total. The van der Waals surface area contributed by atoms with Crippen LogP contribution in [-0.2, 0) is 4.79 Å².